The number of nitrogens with zero attached hydrogens (tertiary/aromatic N) is 2. The molecule has 0 radical (unpaired) electrons. The summed E-state index contributed by atoms with van der Waals surface area (Å²) in [5.74, 6) is -0.114. The Bertz CT molecular complexity index is 1050. The molecule has 1 aliphatic heterocycles. The van der Waals surface area contributed by atoms with Gasteiger partial charge in [-0.2, -0.15) is 0 Å². The first kappa shape index (κ1) is 24.9. The molecule has 33 heavy (non-hydrogen) atoms. The molecule has 3 N–H and O–H groups in total. The number of carbonyl (C=O) groups is 2. The van der Waals surface area contributed by atoms with E-state index in [-0.39, 0.29) is 16.7 Å². The van der Waals surface area contributed by atoms with Gasteiger partial charge in [0.25, 0.3) is 5.91 Å². The van der Waals surface area contributed by atoms with Gasteiger partial charge in [0.1, 0.15) is 0 Å². The van der Waals surface area contributed by atoms with E-state index >= 15 is 0 Å². The molecular weight excluding hydrogens is 440 g/mol. The van der Waals surface area contributed by atoms with E-state index in [2.05, 4.69) is 17.1 Å². The van der Waals surface area contributed by atoms with Crippen LogP contribution >= 0.6 is 0 Å². The molecule has 2 aromatic rings. The van der Waals surface area contributed by atoms with Gasteiger partial charge in [0.2, 0.25) is 15.9 Å². The summed E-state index contributed by atoms with van der Waals surface area (Å²) in [6.45, 7) is 4.99. The van der Waals surface area contributed by atoms with Gasteiger partial charge in [-0.15, -0.1) is 0 Å². The van der Waals surface area contributed by atoms with Crippen molar-refractivity contribution in [2.75, 3.05) is 31.5 Å². The third kappa shape index (κ3) is 7.12. The average Bonchev–Trinajstić information content (AvgIpc) is 2.81. The number of hydrogen-bond donors (Lipinski definition) is 2. The quantitative estimate of drug-likeness (QED) is 0.583. The van der Waals surface area contributed by atoms with Crippen LogP contribution < -0.4 is 10.5 Å². The second-order valence-electron chi connectivity index (χ2n) is 8.30. The number of likely N-dealkylation sites (tertiary alicyclic amines) is 1. The molecule has 1 aliphatic rings. The molecule has 0 aromatic heterocycles. The van der Waals surface area contributed by atoms with E-state index in [0.717, 1.165) is 25.8 Å². The Kier molecular flexibility index (Phi) is 8.60. The van der Waals surface area contributed by atoms with E-state index in [9.17, 15) is 18.0 Å². The van der Waals surface area contributed by atoms with E-state index in [1.165, 1.54) is 12.1 Å². The number of carbonyl (C=O) groups excluding carboxylic acids is 2. The van der Waals surface area contributed by atoms with E-state index in [1.54, 1.807) is 12.1 Å². The van der Waals surface area contributed by atoms with Crippen LogP contribution in [0.4, 0.5) is 5.69 Å². The number of nitrogens with one attached hydrogen (secondary N) is 1. The van der Waals surface area contributed by atoms with Gasteiger partial charge in [-0.05, 0) is 56.1 Å². The molecule has 1 fully saturated rings. The Morgan fingerprint density at radius 2 is 1.76 bits per heavy atom. The highest BCUT2D eigenvalue weighted by Crippen LogP contribution is 2.20. The summed E-state index contributed by atoms with van der Waals surface area (Å²) < 4.78 is 23.0. The van der Waals surface area contributed by atoms with E-state index in [1.807, 2.05) is 35.2 Å². The third-order valence-corrected chi connectivity index (χ3v) is 6.78. The smallest absolute Gasteiger partial charge is 0.253 e. The zero-order valence-corrected chi connectivity index (χ0v) is 19.8. The summed E-state index contributed by atoms with van der Waals surface area (Å²) in [6, 6.07) is 15.6. The molecule has 0 spiro atoms. The second-order valence-corrected chi connectivity index (χ2v) is 9.86. The van der Waals surface area contributed by atoms with E-state index in [4.69, 9.17) is 5.14 Å². The highest BCUT2D eigenvalue weighted by atomic mass is 32.2. The highest BCUT2D eigenvalue weighted by Gasteiger charge is 2.27. The van der Waals surface area contributed by atoms with Crippen molar-refractivity contribution in [2.45, 2.75) is 43.5 Å². The predicted molar refractivity (Wildman–Crippen MR) is 128 cm³/mol. The number of piperidine rings is 1. The highest BCUT2D eigenvalue weighted by molar-refractivity contribution is 7.89. The minimum absolute atomic E-state index is 0.0373. The zero-order chi connectivity index (χ0) is 23.8. The third-order valence-electron chi connectivity index (χ3n) is 5.87. The first-order valence-electron chi connectivity index (χ1n) is 11.3. The number of sulfonamides is 1. The molecule has 2 aromatic carbocycles. The van der Waals surface area contributed by atoms with Crippen LogP contribution in [0.25, 0.3) is 0 Å². The Morgan fingerprint density at radius 1 is 1.06 bits per heavy atom. The Balaban J connectivity index is 1.52. The molecule has 0 saturated carbocycles. The standard InChI is InChI=1S/C24H32N4O4S/c1-2-14-27(17-13-23(29)26-20-9-6-10-22(18-20)33(25,31)32)21-11-15-28(16-12-21)24(30)19-7-4-3-5-8-19/h3-10,18,21H,2,11-17H2,1H3,(H,26,29)(H2,25,31,32). The van der Waals surface area contributed by atoms with Crippen molar-refractivity contribution < 1.29 is 18.0 Å². The molecule has 0 aliphatic carbocycles. The summed E-state index contributed by atoms with van der Waals surface area (Å²) in [5.41, 5.74) is 1.12. The molecule has 178 valence electrons. The maximum absolute atomic E-state index is 12.7. The molecule has 1 saturated heterocycles. The fraction of sp³-hybridized carbons (Fsp3) is 0.417. The molecule has 2 amide bonds. The Hall–Kier alpha value is -2.75. The molecule has 1 heterocycles. The van der Waals surface area contributed by atoms with Crippen molar-refractivity contribution in [3.8, 4) is 0 Å². The number of anilines is 1. The molecule has 0 unspecified atom stereocenters. The first-order valence-corrected chi connectivity index (χ1v) is 12.8. The van der Waals surface area contributed by atoms with E-state index in [0.29, 0.717) is 43.3 Å². The van der Waals surface area contributed by atoms with Gasteiger partial charge in [-0.1, -0.05) is 31.2 Å². The number of nitrogens with two attached hydrogens (primary N) is 1. The lowest BCUT2D eigenvalue weighted by atomic mass is 10.0. The lowest BCUT2D eigenvalue weighted by Crippen LogP contribution is -2.47. The van der Waals surface area contributed by atoms with Crippen molar-refractivity contribution in [2.24, 2.45) is 5.14 Å². The van der Waals surface area contributed by atoms with Crippen LogP contribution in [0, 0.1) is 0 Å². The maximum atomic E-state index is 12.7. The zero-order valence-electron chi connectivity index (χ0n) is 18.9. The number of amides is 2. The minimum atomic E-state index is -3.82. The van der Waals surface area contributed by atoms with Crippen molar-refractivity contribution in [1.82, 2.24) is 9.80 Å². The molecule has 8 nitrogen and oxygen atoms in total. The average molecular weight is 473 g/mol. The molecule has 0 atom stereocenters. The summed E-state index contributed by atoms with van der Waals surface area (Å²) in [7, 11) is -3.82. The van der Waals surface area contributed by atoms with Crippen LogP contribution in [0.2, 0.25) is 0 Å². The van der Waals surface area contributed by atoms with Crippen LogP contribution in [-0.2, 0) is 14.8 Å². The van der Waals surface area contributed by atoms with Crippen LogP contribution in [0.5, 0.6) is 0 Å². The monoisotopic (exact) mass is 472 g/mol. The number of benzene rings is 2. The van der Waals surface area contributed by atoms with Crippen LogP contribution in [-0.4, -0.2) is 62.3 Å². The van der Waals surface area contributed by atoms with Crippen molar-refractivity contribution in [3.63, 3.8) is 0 Å². The number of hydrogen-bond acceptors (Lipinski definition) is 5. The minimum Gasteiger partial charge on any atom is -0.339 e. The van der Waals surface area contributed by atoms with Crippen LogP contribution in [0.3, 0.4) is 0 Å². The molecule has 9 heteroatoms. The van der Waals surface area contributed by atoms with E-state index < -0.39 is 10.0 Å². The summed E-state index contributed by atoms with van der Waals surface area (Å²) in [5, 5.41) is 7.92. The van der Waals surface area contributed by atoms with Gasteiger partial charge in [0, 0.05) is 43.3 Å². The van der Waals surface area contributed by atoms with Gasteiger partial charge in [-0.3, -0.25) is 14.5 Å². The first-order chi connectivity index (χ1) is 15.8. The van der Waals surface area contributed by atoms with Gasteiger partial charge in [0.15, 0.2) is 0 Å². The lowest BCUT2D eigenvalue weighted by Gasteiger charge is -2.38. The van der Waals surface area contributed by atoms with Gasteiger partial charge < -0.3 is 10.2 Å². The van der Waals surface area contributed by atoms with Gasteiger partial charge >= 0.3 is 0 Å². The Morgan fingerprint density at radius 3 is 2.39 bits per heavy atom. The summed E-state index contributed by atoms with van der Waals surface area (Å²) >= 11 is 0. The number of primary sulfonamides is 1. The van der Waals surface area contributed by atoms with Crippen molar-refractivity contribution >= 4 is 27.5 Å². The largest absolute Gasteiger partial charge is 0.339 e. The topological polar surface area (TPSA) is 113 Å². The predicted octanol–water partition coefficient (Wildman–Crippen LogP) is 2.68. The van der Waals surface area contributed by atoms with Gasteiger partial charge in [0.05, 0.1) is 4.90 Å². The van der Waals surface area contributed by atoms with Crippen molar-refractivity contribution in [3.05, 3.63) is 60.2 Å². The normalized spacial score (nSPS) is 14.9. The van der Waals surface area contributed by atoms with Gasteiger partial charge in [-0.25, -0.2) is 13.6 Å². The SMILES string of the molecule is CCCN(CCC(=O)Nc1cccc(S(N)(=O)=O)c1)C1CCN(C(=O)c2ccccc2)CC1. The molecule has 0 bridgehead atoms. The van der Waals surface area contributed by atoms with Crippen molar-refractivity contribution in [1.29, 1.82) is 0 Å². The Labute approximate surface area is 195 Å². The number of rotatable bonds is 9. The fourth-order valence-electron chi connectivity index (χ4n) is 4.18. The summed E-state index contributed by atoms with van der Waals surface area (Å²) in [6.07, 6.45) is 3.01. The van der Waals surface area contributed by atoms with Crippen LogP contribution in [0.15, 0.2) is 59.5 Å². The maximum Gasteiger partial charge on any atom is 0.253 e. The summed E-state index contributed by atoms with van der Waals surface area (Å²) in [4.78, 5) is 29.4. The lowest BCUT2D eigenvalue weighted by molar-refractivity contribution is -0.116. The molecule has 3 rings (SSSR count). The second kappa shape index (κ2) is 11.4. The molecular formula is C24H32N4O4S. The van der Waals surface area contributed by atoms with Crippen LogP contribution in [0.1, 0.15) is 43.0 Å². The fourth-order valence-corrected chi connectivity index (χ4v) is 4.74.